The highest BCUT2D eigenvalue weighted by atomic mass is 16.5. The lowest BCUT2D eigenvalue weighted by atomic mass is 10.1. The number of aryl methyl sites for hydroxylation is 2. The molecule has 1 atom stereocenters. The Morgan fingerprint density at radius 2 is 2.04 bits per heavy atom. The maximum absolute atomic E-state index is 12.6. The molecule has 2 heterocycles. The molecule has 6 nitrogen and oxygen atoms in total. The Balaban J connectivity index is 1.66. The number of rotatable bonds is 4. The maximum atomic E-state index is 12.6. The lowest BCUT2D eigenvalue weighted by Crippen LogP contribution is -2.34. The Morgan fingerprint density at radius 1 is 1.33 bits per heavy atom. The summed E-state index contributed by atoms with van der Waals surface area (Å²) in [6.45, 7) is 4.62. The third-order valence-corrected chi connectivity index (χ3v) is 4.27. The Labute approximate surface area is 141 Å². The van der Waals surface area contributed by atoms with Gasteiger partial charge in [0, 0.05) is 31.8 Å². The molecular formula is C18H21N3O3. The van der Waals surface area contributed by atoms with E-state index in [0.29, 0.717) is 24.5 Å². The van der Waals surface area contributed by atoms with Crippen LogP contribution in [0.4, 0.5) is 5.69 Å². The smallest absolute Gasteiger partial charge is 0.228 e. The number of nitrogens with zero attached hydrogens (tertiary/aromatic N) is 3. The fourth-order valence-electron chi connectivity index (χ4n) is 2.97. The molecule has 1 aromatic carbocycles. The van der Waals surface area contributed by atoms with E-state index in [2.05, 4.69) is 5.16 Å². The van der Waals surface area contributed by atoms with Crippen LogP contribution in [0.15, 0.2) is 34.9 Å². The average Bonchev–Trinajstić information content (AvgIpc) is 3.13. The standard InChI is InChI=1S/C18H21N3O3/c1-12-4-6-16(7-5-12)21-10-14(9-17(21)22)18(23)20(3)11-15-8-13(2)24-19-15/h4-8,14H,9-11H2,1-3H3/t14-/m0/s1. The second kappa shape index (κ2) is 6.47. The summed E-state index contributed by atoms with van der Waals surface area (Å²) in [6, 6.07) is 9.58. The fourth-order valence-corrected chi connectivity index (χ4v) is 2.97. The molecule has 1 aromatic heterocycles. The van der Waals surface area contributed by atoms with Gasteiger partial charge in [-0.2, -0.15) is 0 Å². The molecule has 0 unspecified atom stereocenters. The van der Waals surface area contributed by atoms with E-state index < -0.39 is 0 Å². The molecule has 2 amide bonds. The van der Waals surface area contributed by atoms with Gasteiger partial charge in [-0.15, -0.1) is 0 Å². The van der Waals surface area contributed by atoms with Crippen molar-refractivity contribution in [3.05, 3.63) is 47.3 Å². The molecule has 0 N–H and O–H groups in total. The van der Waals surface area contributed by atoms with Gasteiger partial charge < -0.3 is 14.3 Å². The van der Waals surface area contributed by atoms with Gasteiger partial charge in [0.15, 0.2) is 0 Å². The minimum Gasteiger partial charge on any atom is -0.361 e. The average molecular weight is 327 g/mol. The molecule has 0 bridgehead atoms. The third kappa shape index (κ3) is 3.32. The molecule has 2 aromatic rings. The minimum atomic E-state index is -0.322. The first-order valence-corrected chi connectivity index (χ1v) is 7.98. The van der Waals surface area contributed by atoms with Crippen molar-refractivity contribution in [2.24, 2.45) is 5.92 Å². The largest absolute Gasteiger partial charge is 0.361 e. The molecule has 3 rings (SSSR count). The monoisotopic (exact) mass is 327 g/mol. The van der Waals surface area contributed by atoms with Gasteiger partial charge in [-0.25, -0.2) is 0 Å². The van der Waals surface area contributed by atoms with Crippen molar-refractivity contribution in [2.45, 2.75) is 26.8 Å². The first-order valence-electron chi connectivity index (χ1n) is 7.98. The number of carbonyl (C=O) groups excluding carboxylic acids is 2. The number of aromatic nitrogens is 1. The van der Waals surface area contributed by atoms with E-state index in [4.69, 9.17) is 4.52 Å². The predicted octanol–water partition coefficient (Wildman–Crippen LogP) is 2.30. The number of hydrogen-bond acceptors (Lipinski definition) is 4. The van der Waals surface area contributed by atoms with Crippen LogP contribution >= 0.6 is 0 Å². The maximum Gasteiger partial charge on any atom is 0.228 e. The molecule has 24 heavy (non-hydrogen) atoms. The van der Waals surface area contributed by atoms with Crippen molar-refractivity contribution < 1.29 is 14.1 Å². The number of carbonyl (C=O) groups is 2. The van der Waals surface area contributed by atoms with Crippen molar-refractivity contribution in [2.75, 3.05) is 18.5 Å². The Bertz CT molecular complexity index is 751. The SMILES string of the molecule is Cc1ccc(N2C[C@@H](C(=O)N(C)Cc3cc(C)on3)CC2=O)cc1. The van der Waals surface area contributed by atoms with E-state index in [1.807, 2.05) is 44.2 Å². The van der Waals surface area contributed by atoms with Gasteiger partial charge in [0.1, 0.15) is 11.5 Å². The summed E-state index contributed by atoms with van der Waals surface area (Å²) in [7, 11) is 1.73. The lowest BCUT2D eigenvalue weighted by molar-refractivity contribution is -0.135. The zero-order chi connectivity index (χ0) is 17.3. The van der Waals surface area contributed by atoms with Gasteiger partial charge in [-0.3, -0.25) is 9.59 Å². The van der Waals surface area contributed by atoms with Crippen molar-refractivity contribution in [1.29, 1.82) is 0 Å². The normalized spacial score (nSPS) is 17.4. The molecule has 1 fully saturated rings. The minimum absolute atomic E-state index is 0.0112. The summed E-state index contributed by atoms with van der Waals surface area (Å²) in [5.74, 6) is 0.339. The Hall–Kier alpha value is -2.63. The summed E-state index contributed by atoms with van der Waals surface area (Å²) in [5.41, 5.74) is 2.69. The molecule has 0 aliphatic carbocycles. The highest BCUT2D eigenvalue weighted by Crippen LogP contribution is 2.26. The predicted molar refractivity (Wildman–Crippen MR) is 89.4 cm³/mol. The Morgan fingerprint density at radius 3 is 2.67 bits per heavy atom. The summed E-state index contributed by atoms with van der Waals surface area (Å²) in [6.07, 6.45) is 0.245. The van der Waals surface area contributed by atoms with E-state index in [0.717, 1.165) is 11.3 Å². The molecule has 6 heteroatoms. The molecule has 0 saturated carbocycles. The zero-order valence-electron chi connectivity index (χ0n) is 14.2. The van der Waals surface area contributed by atoms with Crippen molar-refractivity contribution in [3.8, 4) is 0 Å². The van der Waals surface area contributed by atoms with E-state index in [-0.39, 0.29) is 24.2 Å². The van der Waals surface area contributed by atoms with Gasteiger partial charge in [0.25, 0.3) is 0 Å². The van der Waals surface area contributed by atoms with Crippen molar-refractivity contribution >= 4 is 17.5 Å². The number of hydrogen-bond donors (Lipinski definition) is 0. The highest BCUT2D eigenvalue weighted by Gasteiger charge is 2.36. The van der Waals surface area contributed by atoms with Crippen LogP contribution in [0.1, 0.15) is 23.4 Å². The van der Waals surface area contributed by atoms with Crippen LogP contribution in [-0.2, 0) is 16.1 Å². The van der Waals surface area contributed by atoms with Crippen LogP contribution in [0, 0.1) is 19.8 Å². The van der Waals surface area contributed by atoms with Gasteiger partial charge in [-0.05, 0) is 26.0 Å². The topological polar surface area (TPSA) is 66.7 Å². The Kier molecular flexibility index (Phi) is 4.38. The van der Waals surface area contributed by atoms with Crippen LogP contribution in [0.5, 0.6) is 0 Å². The van der Waals surface area contributed by atoms with E-state index in [9.17, 15) is 9.59 Å². The van der Waals surface area contributed by atoms with Crippen LogP contribution in [0.2, 0.25) is 0 Å². The first kappa shape index (κ1) is 16.2. The van der Waals surface area contributed by atoms with Crippen LogP contribution in [0.25, 0.3) is 0 Å². The number of amides is 2. The molecule has 1 saturated heterocycles. The summed E-state index contributed by atoms with van der Waals surface area (Å²) < 4.78 is 5.02. The second-order valence-corrected chi connectivity index (χ2v) is 6.36. The van der Waals surface area contributed by atoms with Gasteiger partial charge in [-0.1, -0.05) is 22.9 Å². The molecule has 126 valence electrons. The molecule has 1 aliphatic rings. The number of benzene rings is 1. The van der Waals surface area contributed by atoms with Gasteiger partial charge >= 0.3 is 0 Å². The zero-order valence-corrected chi connectivity index (χ0v) is 14.2. The van der Waals surface area contributed by atoms with Crippen molar-refractivity contribution in [1.82, 2.24) is 10.1 Å². The first-order chi connectivity index (χ1) is 11.4. The van der Waals surface area contributed by atoms with E-state index in [1.165, 1.54) is 0 Å². The van der Waals surface area contributed by atoms with E-state index in [1.54, 1.807) is 16.8 Å². The fraction of sp³-hybridized carbons (Fsp3) is 0.389. The lowest BCUT2D eigenvalue weighted by Gasteiger charge is -2.20. The van der Waals surface area contributed by atoms with Crippen LogP contribution < -0.4 is 4.90 Å². The second-order valence-electron chi connectivity index (χ2n) is 6.36. The van der Waals surface area contributed by atoms with Crippen LogP contribution in [0.3, 0.4) is 0 Å². The van der Waals surface area contributed by atoms with Crippen LogP contribution in [-0.4, -0.2) is 35.5 Å². The molecular weight excluding hydrogens is 306 g/mol. The quantitative estimate of drug-likeness (QED) is 0.864. The number of anilines is 1. The summed E-state index contributed by atoms with van der Waals surface area (Å²) in [5, 5.41) is 3.90. The third-order valence-electron chi connectivity index (χ3n) is 4.27. The highest BCUT2D eigenvalue weighted by molar-refractivity contribution is 6.00. The molecule has 1 aliphatic heterocycles. The van der Waals surface area contributed by atoms with Crippen molar-refractivity contribution in [3.63, 3.8) is 0 Å². The van der Waals surface area contributed by atoms with Gasteiger partial charge in [0.05, 0.1) is 12.5 Å². The molecule has 0 radical (unpaired) electrons. The molecule has 0 spiro atoms. The van der Waals surface area contributed by atoms with E-state index >= 15 is 0 Å². The summed E-state index contributed by atoms with van der Waals surface area (Å²) >= 11 is 0. The van der Waals surface area contributed by atoms with Gasteiger partial charge in [0.2, 0.25) is 11.8 Å². The summed E-state index contributed by atoms with van der Waals surface area (Å²) in [4.78, 5) is 28.2.